The van der Waals surface area contributed by atoms with E-state index in [0.717, 1.165) is 15.4 Å². The summed E-state index contributed by atoms with van der Waals surface area (Å²) in [4.78, 5) is 13.1. The minimum atomic E-state index is -4.12. The molecule has 0 fully saturated rings. The summed E-state index contributed by atoms with van der Waals surface area (Å²) in [6.45, 7) is 3.18. The van der Waals surface area contributed by atoms with Crippen LogP contribution >= 0.6 is 27.5 Å². The molecule has 0 N–H and O–H groups in total. The first-order chi connectivity index (χ1) is 14.2. The largest absolute Gasteiger partial charge is 0.483 e. The second-order valence-electron chi connectivity index (χ2n) is 6.55. The molecule has 0 radical (unpaired) electrons. The van der Waals surface area contributed by atoms with Crippen LogP contribution in [0.2, 0.25) is 5.02 Å². The molecule has 1 amide bonds. The van der Waals surface area contributed by atoms with Crippen LogP contribution in [0.5, 0.6) is 5.75 Å². The Morgan fingerprint density at radius 2 is 1.60 bits per heavy atom. The van der Waals surface area contributed by atoms with E-state index < -0.39 is 22.5 Å². The molecule has 0 heterocycles. The van der Waals surface area contributed by atoms with Crippen LogP contribution < -0.4 is 9.04 Å². The minimum Gasteiger partial charge on any atom is -0.483 e. The van der Waals surface area contributed by atoms with E-state index in [1.807, 2.05) is 13.8 Å². The first-order valence-corrected chi connectivity index (χ1v) is 11.6. The predicted molar refractivity (Wildman–Crippen MR) is 122 cm³/mol. The Kier molecular flexibility index (Phi) is 6.85. The van der Waals surface area contributed by atoms with Crippen molar-refractivity contribution < 1.29 is 17.9 Å². The van der Waals surface area contributed by atoms with Crippen LogP contribution in [0.25, 0.3) is 0 Å². The second-order valence-corrected chi connectivity index (χ2v) is 9.50. The van der Waals surface area contributed by atoms with Crippen LogP contribution in [0.4, 0.5) is 5.69 Å². The number of benzene rings is 3. The van der Waals surface area contributed by atoms with Crippen molar-refractivity contribution in [2.24, 2.45) is 0 Å². The summed E-state index contributed by atoms with van der Waals surface area (Å²) >= 11 is 9.66. The van der Waals surface area contributed by atoms with Crippen molar-refractivity contribution in [1.82, 2.24) is 0 Å². The van der Waals surface area contributed by atoms with Gasteiger partial charge < -0.3 is 4.74 Å². The van der Waals surface area contributed by atoms with Crippen LogP contribution in [0.1, 0.15) is 11.1 Å². The molecule has 3 rings (SSSR count). The summed E-state index contributed by atoms with van der Waals surface area (Å²) in [6.07, 6.45) is 0. The Balaban J connectivity index is 1.95. The molecule has 5 nitrogen and oxygen atoms in total. The fourth-order valence-corrected chi connectivity index (χ4v) is 5.00. The molecule has 0 aliphatic heterocycles. The van der Waals surface area contributed by atoms with E-state index in [9.17, 15) is 13.2 Å². The fraction of sp³-hybridized carbons (Fsp3) is 0.136. The molecule has 3 aromatic rings. The van der Waals surface area contributed by atoms with Gasteiger partial charge in [0, 0.05) is 5.02 Å². The molecule has 0 aromatic heterocycles. The predicted octanol–water partition coefficient (Wildman–Crippen LogP) is 5.52. The lowest BCUT2D eigenvalue weighted by molar-refractivity contribution is -0.119. The molecule has 0 aliphatic rings. The van der Waals surface area contributed by atoms with Gasteiger partial charge in [0.25, 0.3) is 15.9 Å². The zero-order valence-corrected chi connectivity index (χ0v) is 19.5. The summed E-state index contributed by atoms with van der Waals surface area (Å²) in [5.74, 6) is -0.310. The number of carbonyl (C=O) groups is 1. The fourth-order valence-electron chi connectivity index (χ4n) is 2.88. The molecule has 0 saturated heterocycles. The van der Waals surface area contributed by atoms with Crippen molar-refractivity contribution >= 4 is 49.1 Å². The van der Waals surface area contributed by atoms with E-state index in [1.165, 1.54) is 12.1 Å². The number of aryl methyl sites for hydroxylation is 1. The Bertz CT molecular complexity index is 1170. The summed E-state index contributed by atoms with van der Waals surface area (Å²) in [6, 6.07) is 17.7. The van der Waals surface area contributed by atoms with E-state index >= 15 is 0 Å². The molecule has 30 heavy (non-hydrogen) atoms. The van der Waals surface area contributed by atoms with E-state index in [-0.39, 0.29) is 10.6 Å². The number of nitrogens with zero attached hydrogens (tertiary/aromatic N) is 1. The summed E-state index contributed by atoms with van der Waals surface area (Å²) in [5.41, 5.74) is 1.80. The Labute approximate surface area is 189 Å². The van der Waals surface area contributed by atoms with Gasteiger partial charge in [-0.2, -0.15) is 4.31 Å². The first kappa shape index (κ1) is 22.3. The van der Waals surface area contributed by atoms with Crippen molar-refractivity contribution in [3.63, 3.8) is 0 Å². The third kappa shape index (κ3) is 4.53. The summed E-state index contributed by atoms with van der Waals surface area (Å²) < 4.78 is 33.5. The van der Waals surface area contributed by atoms with Gasteiger partial charge >= 0.3 is 0 Å². The van der Waals surface area contributed by atoms with Crippen LogP contribution in [-0.2, 0) is 14.8 Å². The number of halogens is 2. The van der Waals surface area contributed by atoms with Gasteiger partial charge in [0.1, 0.15) is 5.75 Å². The van der Waals surface area contributed by atoms with E-state index in [0.29, 0.717) is 15.2 Å². The Hall–Kier alpha value is -2.35. The maximum Gasteiger partial charge on any atom is 0.278 e. The number of sulfonamides is 1. The van der Waals surface area contributed by atoms with Crippen molar-refractivity contribution in [1.29, 1.82) is 0 Å². The lowest BCUT2D eigenvalue weighted by atomic mass is 10.1. The topological polar surface area (TPSA) is 63.7 Å². The normalized spacial score (nSPS) is 11.2. The van der Waals surface area contributed by atoms with Crippen molar-refractivity contribution in [2.75, 3.05) is 10.9 Å². The number of anilines is 1. The third-order valence-corrected chi connectivity index (χ3v) is 7.75. The van der Waals surface area contributed by atoms with E-state index in [4.69, 9.17) is 16.3 Å². The standard InChI is InChI=1S/C22H19BrClNO4S/c1-15-13-19(21(23)16(2)22(15)24)29-14-20(26)25(17-9-5-3-6-10-17)30(27,28)18-11-7-4-8-12-18/h3-13H,14H2,1-2H3. The van der Waals surface area contributed by atoms with Crippen LogP contribution in [0, 0.1) is 13.8 Å². The number of ether oxygens (including phenoxy) is 1. The molecule has 0 bridgehead atoms. The van der Waals surface area contributed by atoms with Gasteiger partial charge in [0.05, 0.1) is 15.1 Å². The number of carbonyl (C=O) groups excluding carboxylic acids is 1. The number of rotatable bonds is 6. The number of hydrogen-bond acceptors (Lipinski definition) is 4. The summed E-state index contributed by atoms with van der Waals surface area (Å²) in [5, 5.41) is 0.595. The highest BCUT2D eigenvalue weighted by Crippen LogP contribution is 2.36. The lowest BCUT2D eigenvalue weighted by Crippen LogP contribution is -2.40. The van der Waals surface area contributed by atoms with Gasteiger partial charge in [0.2, 0.25) is 0 Å². The highest BCUT2D eigenvalue weighted by molar-refractivity contribution is 9.10. The van der Waals surface area contributed by atoms with Crippen molar-refractivity contribution in [3.8, 4) is 5.75 Å². The molecule has 0 saturated carbocycles. The van der Waals surface area contributed by atoms with Gasteiger partial charge in [-0.25, -0.2) is 8.42 Å². The van der Waals surface area contributed by atoms with E-state index in [2.05, 4.69) is 15.9 Å². The molecular weight excluding hydrogens is 490 g/mol. The molecule has 0 unspecified atom stereocenters. The van der Waals surface area contributed by atoms with Gasteiger partial charge in [0.15, 0.2) is 6.61 Å². The quantitative estimate of drug-likeness (QED) is 0.440. The van der Waals surface area contributed by atoms with Crippen molar-refractivity contribution in [3.05, 3.63) is 87.4 Å². The maximum absolute atomic E-state index is 13.2. The average molecular weight is 509 g/mol. The van der Waals surface area contributed by atoms with Crippen LogP contribution in [-0.4, -0.2) is 20.9 Å². The smallest absolute Gasteiger partial charge is 0.278 e. The molecule has 156 valence electrons. The van der Waals surface area contributed by atoms with Gasteiger partial charge in [-0.3, -0.25) is 4.79 Å². The minimum absolute atomic E-state index is 0.0153. The van der Waals surface area contributed by atoms with Crippen LogP contribution in [0.15, 0.2) is 76.1 Å². The highest BCUT2D eigenvalue weighted by Gasteiger charge is 2.31. The van der Waals surface area contributed by atoms with Gasteiger partial charge in [-0.05, 0) is 71.2 Å². The zero-order chi connectivity index (χ0) is 21.9. The third-order valence-electron chi connectivity index (χ3n) is 4.42. The Morgan fingerprint density at radius 1 is 1.03 bits per heavy atom. The first-order valence-electron chi connectivity index (χ1n) is 8.99. The monoisotopic (exact) mass is 507 g/mol. The van der Waals surface area contributed by atoms with Crippen LogP contribution in [0.3, 0.4) is 0 Å². The average Bonchev–Trinajstić information content (AvgIpc) is 2.75. The SMILES string of the molecule is Cc1cc(OCC(=O)N(c2ccccc2)S(=O)(=O)c2ccccc2)c(Br)c(C)c1Cl. The molecule has 0 atom stereocenters. The molecule has 0 aliphatic carbocycles. The number of amides is 1. The highest BCUT2D eigenvalue weighted by atomic mass is 79.9. The zero-order valence-electron chi connectivity index (χ0n) is 16.3. The second kappa shape index (κ2) is 9.20. The Morgan fingerprint density at radius 3 is 2.20 bits per heavy atom. The molecular formula is C22H19BrClNO4S. The number of hydrogen-bond donors (Lipinski definition) is 0. The molecule has 8 heteroatoms. The summed E-state index contributed by atoms with van der Waals surface area (Å²) in [7, 11) is -4.12. The van der Waals surface area contributed by atoms with E-state index in [1.54, 1.807) is 54.6 Å². The van der Waals surface area contributed by atoms with Crippen molar-refractivity contribution in [2.45, 2.75) is 18.7 Å². The lowest BCUT2D eigenvalue weighted by Gasteiger charge is -2.23. The molecule has 0 spiro atoms. The van der Waals surface area contributed by atoms with Gasteiger partial charge in [-0.1, -0.05) is 48.0 Å². The van der Waals surface area contributed by atoms with Gasteiger partial charge in [-0.15, -0.1) is 0 Å². The maximum atomic E-state index is 13.2. The number of para-hydroxylation sites is 1. The molecule has 3 aromatic carbocycles.